The summed E-state index contributed by atoms with van der Waals surface area (Å²) in [5, 5.41) is 21.8. The predicted octanol–water partition coefficient (Wildman–Crippen LogP) is 2.82. The van der Waals surface area contributed by atoms with Gasteiger partial charge in [0.2, 0.25) is 0 Å². The summed E-state index contributed by atoms with van der Waals surface area (Å²) in [5.74, 6) is -2.89. The van der Waals surface area contributed by atoms with Gasteiger partial charge in [0.25, 0.3) is 5.91 Å². The van der Waals surface area contributed by atoms with E-state index in [1.807, 2.05) is 11.3 Å². The Bertz CT molecular complexity index is 806. The smallest absolute Gasteiger partial charge is 0.326 e. The molecule has 0 fully saturated rings. The third-order valence-electron chi connectivity index (χ3n) is 4.38. The quantitative estimate of drug-likeness (QED) is 0.586. The van der Waals surface area contributed by atoms with E-state index in [0.29, 0.717) is 11.6 Å². The van der Waals surface area contributed by atoms with Gasteiger partial charge in [-0.3, -0.25) is 9.59 Å². The van der Waals surface area contributed by atoms with E-state index >= 15 is 0 Å². The molecule has 150 valence electrons. The number of nitrogens with one attached hydrogen (secondary N) is 1. The molecule has 0 radical (unpaired) electrons. The second-order valence-corrected chi connectivity index (χ2v) is 7.46. The number of amides is 1. The molecule has 1 aliphatic carbocycles. The lowest BCUT2D eigenvalue weighted by molar-refractivity contribution is -0.140. The highest BCUT2D eigenvalue weighted by molar-refractivity contribution is 7.10. The Kier molecular flexibility index (Phi) is 8.16. The zero-order valence-corrected chi connectivity index (χ0v) is 16.2. The van der Waals surface area contributed by atoms with E-state index in [-0.39, 0.29) is 12.8 Å². The highest BCUT2D eigenvalue weighted by atomic mass is 32.1. The van der Waals surface area contributed by atoms with Crippen molar-refractivity contribution < 1.29 is 24.6 Å². The van der Waals surface area contributed by atoms with E-state index in [4.69, 9.17) is 15.9 Å². The molecule has 0 saturated heterocycles. The maximum absolute atomic E-state index is 11.7. The van der Waals surface area contributed by atoms with E-state index in [0.717, 1.165) is 0 Å². The fraction of sp³-hybridized carbons (Fsp3) is 0.350. The van der Waals surface area contributed by atoms with Crippen molar-refractivity contribution in [1.29, 1.82) is 0 Å². The van der Waals surface area contributed by atoms with Gasteiger partial charge in [-0.15, -0.1) is 11.3 Å². The number of nitrogens with two attached hydrogens (primary N) is 1. The van der Waals surface area contributed by atoms with E-state index in [1.54, 1.807) is 30.3 Å². The van der Waals surface area contributed by atoms with Crippen LogP contribution >= 0.6 is 11.3 Å². The van der Waals surface area contributed by atoms with Crippen molar-refractivity contribution in [1.82, 2.24) is 5.32 Å². The molecule has 1 aliphatic rings. The van der Waals surface area contributed by atoms with Crippen molar-refractivity contribution in [2.75, 3.05) is 0 Å². The Balaban J connectivity index is 0.000000233. The Hall–Kier alpha value is -2.71. The average Bonchev–Trinajstić information content (AvgIpc) is 3.16. The second-order valence-electron chi connectivity index (χ2n) is 6.46. The fourth-order valence-corrected chi connectivity index (χ4v) is 3.88. The van der Waals surface area contributed by atoms with Crippen LogP contribution in [0.2, 0.25) is 0 Å². The Morgan fingerprint density at radius 2 is 1.89 bits per heavy atom. The van der Waals surface area contributed by atoms with Crippen LogP contribution in [0.4, 0.5) is 0 Å². The van der Waals surface area contributed by atoms with Gasteiger partial charge in [-0.25, -0.2) is 4.79 Å². The number of rotatable bonds is 6. The molecule has 0 bridgehead atoms. The van der Waals surface area contributed by atoms with Crippen LogP contribution in [0.1, 0.15) is 52.5 Å². The summed E-state index contributed by atoms with van der Waals surface area (Å²) < 4.78 is 0. The minimum atomic E-state index is -1.25. The van der Waals surface area contributed by atoms with Crippen LogP contribution in [-0.2, 0) is 16.0 Å². The zero-order chi connectivity index (χ0) is 20.5. The highest BCUT2D eigenvalue weighted by Crippen LogP contribution is 2.31. The number of benzene rings is 1. The van der Waals surface area contributed by atoms with Crippen molar-refractivity contribution in [3.8, 4) is 0 Å². The van der Waals surface area contributed by atoms with Gasteiger partial charge in [-0.1, -0.05) is 18.2 Å². The summed E-state index contributed by atoms with van der Waals surface area (Å²) in [6.07, 6.45) is 3.23. The number of aryl methyl sites for hydroxylation is 1. The maximum Gasteiger partial charge on any atom is 0.326 e. The van der Waals surface area contributed by atoms with Crippen molar-refractivity contribution in [3.05, 3.63) is 57.8 Å². The monoisotopic (exact) mass is 404 g/mol. The average molecular weight is 404 g/mol. The molecule has 1 heterocycles. The second kappa shape index (κ2) is 10.6. The van der Waals surface area contributed by atoms with E-state index in [9.17, 15) is 14.4 Å². The molecule has 28 heavy (non-hydrogen) atoms. The van der Waals surface area contributed by atoms with Gasteiger partial charge in [0, 0.05) is 22.9 Å². The third kappa shape index (κ3) is 6.47. The van der Waals surface area contributed by atoms with Crippen LogP contribution < -0.4 is 11.1 Å². The number of hydrogen-bond donors (Lipinski definition) is 4. The number of thiophene rings is 1. The summed E-state index contributed by atoms with van der Waals surface area (Å²) >= 11 is 1.85. The molecule has 8 heteroatoms. The van der Waals surface area contributed by atoms with Crippen LogP contribution in [0, 0.1) is 0 Å². The topological polar surface area (TPSA) is 130 Å². The lowest BCUT2D eigenvalue weighted by atomic mass is 9.95. The molecule has 7 nitrogen and oxygen atoms in total. The molecule has 3 rings (SSSR count). The predicted molar refractivity (Wildman–Crippen MR) is 106 cm³/mol. The van der Waals surface area contributed by atoms with E-state index in [1.165, 1.54) is 29.7 Å². The number of carboxylic acids is 2. The molecular weight excluding hydrogens is 380 g/mol. The minimum absolute atomic E-state index is 0.150. The molecule has 0 saturated carbocycles. The van der Waals surface area contributed by atoms with Gasteiger partial charge in [-0.2, -0.15) is 0 Å². The Labute approximate surface area is 167 Å². The third-order valence-corrected chi connectivity index (χ3v) is 5.38. The summed E-state index contributed by atoms with van der Waals surface area (Å²) in [4.78, 5) is 34.4. The molecule has 1 aromatic heterocycles. The van der Waals surface area contributed by atoms with Gasteiger partial charge >= 0.3 is 11.9 Å². The molecule has 2 atom stereocenters. The molecule has 1 amide bonds. The number of carboxylic acid groups (broad SMARTS) is 2. The zero-order valence-electron chi connectivity index (χ0n) is 15.3. The number of hydrogen-bond acceptors (Lipinski definition) is 5. The van der Waals surface area contributed by atoms with Crippen LogP contribution in [0.25, 0.3) is 0 Å². The summed E-state index contributed by atoms with van der Waals surface area (Å²) in [6.45, 7) is 0. The Morgan fingerprint density at radius 3 is 2.50 bits per heavy atom. The van der Waals surface area contributed by atoms with Gasteiger partial charge in [0.15, 0.2) is 0 Å². The molecule has 0 spiro atoms. The van der Waals surface area contributed by atoms with Crippen LogP contribution in [0.5, 0.6) is 0 Å². The molecule has 5 N–H and O–H groups in total. The first-order chi connectivity index (χ1) is 13.4. The van der Waals surface area contributed by atoms with Gasteiger partial charge in [0.1, 0.15) is 6.04 Å². The number of carbonyl (C=O) groups is 3. The Morgan fingerprint density at radius 1 is 1.18 bits per heavy atom. The normalized spacial score (nSPS) is 16.1. The first kappa shape index (κ1) is 21.6. The highest BCUT2D eigenvalue weighted by Gasteiger charge is 2.21. The van der Waals surface area contributed by atoms with Gasteiger partial charge < -0.3 is 21.3 Å². The van der Waals surface area contributed by atoms with Gasteiger partial charge in [-0.05, 0) is 54.8 Å². The molecular formula is C20H24N2O5S. The molecule has 2 aromatic rings. The van der Waals surface area contributed by atoms with Crippen LogP contribution in [0.15, 0.2) is 41.8 Å². The minimum Gasteiger partial charge on any atom is -0.481 e. The number of aliphatic carboxylic acids is 2. The standard InChI is InChI=1S/C12H13NO5.C8H11NS/c14-10(15)7-6-9(12(17)18)13-11(16)8-4-2-1-3-5-8;9-7-2-1-3-8-6(7)4-5-10-8/h1-5,9H,6-7H2,(H,13,16)(H,14,15)(H,17,18);4-5,7H,1-3,9H2/t9-;/m0./s1. The lowest BCUT2D eigenvalue weighted by Crippen LogP contribution is -2.41. The lowest BCUT2D eigenvalue weighted by Gasteiger charge is -2.17. The number of carbonyl (C=O) groups excluding carboxylic acids is 1. The summed E-state index contributed by atoms with van der Waals surface area (Å²) in [5.41, 5.74) is 7.63. The van der Waals surface area contributed by atoms with Crippen LogP contribution in [0.3, 0.4) is 0 Å². The summed E-state index contributed by atoms with van der Waals surface area (Å²) in [7, 11) is 0. The van der Waals surface area contributed by atoms with Crippen molar-refractivity contribution in [2.24, 2.45) is 5.73 Å². The van der Waals surface area contributed by atoms with Crippen molar-refractivity contribution in [3.63, 3.8) is 0 Å². The van der Waals surface area contributed by atoms with Gasteiger partial charge in [0.05, 0.1) is 0 Å². The van der Waals surface area contributed by atoms with E-state index < -0.39 is 23.9 Å². The fourth-order valence-electron chi connectivity index (χ4n) is 2.88. The number of fused-ring (bicyclic) bond motifs is 1. The first-order valence-corrected chi connectivity index (χ1v) is 9.88. The molecule has 1 aromatic carbocycles. The maximum atomic E-state index is 11.7. The van der Waals surface area contributed by atoms with Crippen molar-refractivity contribution in [2.45, 2.75) is 44.2 Å². The molecule has 0 aliphatic heterocycles. The van der Waals surface area contributed by atoms with E-state index in [2.05, 4.69) is 16.8 Å². The molecule has 1 unspecified atom stereocenters. The summed E-state index contributed by atoms with van der Waals surface area (Å²) in [6, 6.07) is 9.43. The van der Waals surface area contributed by atoms with Crippen LogP contribution in [-0.4, -0.2) is 34.1 Å². The SMILES string of the molecule is NC1CCCc2sccc21.O=C(O)CC[C@H](NC(=O)c1ccccc1)C(=O)O. The first-order valence-electron chi connectivity index (χ1n) is 9.01. The van der Waals surface area contributed by atoms with Crippen molar-refractivity contribution >= 4 is 29.2 Å². The largest absolute Gasteiger partial charge is 0.481 e.